The molecule has 2 saturated carbocycles. The van der Waals surface area contributed by atoms with Crippen molar-refractivity contribution >= 4 is 11.9 Å². The summed E-state index contributed by atoms with van der Waals surface area (Å²) < 4.78 is 0. The van der Waals surface area contributed by atoms with Crippen LogP contribution in [-0.4, -0.2) is 34.4 Å². The van der Waals surface area contributed by atoms with Gasteiger partial charge in [-0.2, -0.15) is 0 Å². The van der Waals surface area contributed by atoms with Crippen LogP contribution in [0.4, 0.5) is 0 Å². The summed E-state index contributed by atoms with van der Waals surface area (Å²) in [6, 6.07) is 0. The second-order valence-corrected chi connectivity index (χ2v) is 7.15. The van der Waals surface area contributed by atoms with E-state index < -0.39 is 24.1 Å². The number of carbonyl (C=O) groups excluding carboxylic acids is 2. The van der Waals surface area contributed by atoms with Gasteiger partial charge in [0.2, 0.25) is 0 Å². The number of hydrogen-bond acceptors (Lipinski definition) is 6. The van der Waals surface area contributed by atoms with E-state index in [4.69, 9.17) is 10.2 Å². The molecule has 2 aliphatic rings. The standard InChI is InChI=1S/2C9H16O3.Cu/c2*10-8(9(11)12)6-7-4-2-1-3-5-7;/h2*7-8,10H,1-6H2,(H,11,12);/q;;+2/p-2. The summed E-state index contributed by atoms with van der Waals surface area (Å²) in [6.45, 7) is 0. The van der Waals surface area contributed by atoms with Crippen molar-refractivity contribution in [3.8, 4) is 0 Å². The van der Waals surface area contributed by atoms with E-state index in [1.807, 2.05) is 0 Å². The van der Waals surface area contributed by atoms with Crippen LogP contribution in [-0.2, 0) is 26.7 Å². The molecule has 0 amide bonds. The van der Waals surface area contributed by atoms with Crippen LogP contribution < -0.4 is 10.2 Å². The predicted molar refractivity (Wildman–Crippen MR) is 84.4 cm³/mol. The Balaban J connectivity index is 0.000000443. The summed E-state index contributed by atoms with van der Waals surface area (Å²) in [6.07, 6.45) is 9.66. The first-order chi connectivity index (χ1) is 11.4. The molecule has 7 heteroatoms. The quantitative estimate of drug-likeness (QED) is 0.606. The fourth-order valence-corrected chi connectivity index (χ4v) is 3.67. The summed E-state index contributed by atoms with van der Waals surface area (Å²) in [7, 11) is 0. The molecule has 2 atom stereocenters. The molecule has 2 unspecified atom stereocenters. The third-order valence-electron chi connectivity index (χ3n) is 5.11. The number of hydrogen-bond donors (Lipinski definition) is 2. The topological polar surface area (TPSA) is 121 Å². The molecule has 6 nitrogen and oxygen atoms in total. The zero-order valence-corrected chi connectivity index (χ0v) is 15.6. The van der Waals surface area contributed by atoms with E-state index in [0.29, 0.717) is 24.7 Å². The molecular formula is C18H30CuO6. The second-order valence-electron chi connectivity index (χ2n) is 7.15. The fraction of sp³-hybridized carbons (Fsp3) is 0.889. The molecule has 0 saturated heterocycles. The zero-order valence-electron chi connectivity index (χ0n) is 14.6. The summed E-state index contributed by atoms with van der Waals surface area (Å²) in [5.74, 6) is -1.88. The Labute approximate surface area is 160 Å². The molecule has 2 aliphatic carbocycles. The number of aliphatic hydroxyl groups excluding tert-OH is 2. The molecule has 0 bridgehead atoms. The first-order valence-corrected chi connectivity index (χ1v) is 9.18. The molecule has 0 aromatic heterocycles. The number of carboxylic acid groups (broad SMARTS) is 2. The summed E-state index contributed by atoms with van der Waals surface area (Å²) in [5.41, 5.74) is 0. The molecule has 2 fully saturated rings. The van der Waals surface area contributed by atoms with Crippen LogP contribution in [0.3, 0.4) is 0 Å². The van der Waals surface area contributed by atoms with E-state index >= 15 is 0 Å². The maximum Gasteiger partial charge on any atom is 2.00 e. The van der Waals surface area contributed by atoms with E-state index in [2.05, 4.69) is 0 Å². The molecule has 149 valence electrons. The molecule has 25 heavy (non-hydrogen) atoms. The van der Waals surface area contributed by atoms with Gasteiger partial charge in [-0.1, -0.05) is 64.2 Å². The maximum absolute atomic E-state index is 10.2. The van der Waals surface area contributed by atoms with Crippen molar-refractivity contribution in [1.82, 2.24) is 0 Å². The Morgan fingerprint density at radius 1 is 0.720 bits per heavy atom. The fourth-order valence-electron chi connectivity index (χ4n) is 3.67. The van der Waals surface area contributed by atoms with Crippen LogP contribution in [0.25, 0.3) is 0 Å². The van der Waals surface area contributed by atoms with Crippen molar-refractivity contribution in [3.05, 3.63) is 0 Å². The molecule has 0 aliphatic heterocycles. The van der Waals surface area contributed by atoms with E-state index in [-0.39, 0.29) is 17.1 Å². The number of carbonyl (C=O) groups is 2. The van der Waals surface area contributed by atoms with Gasteiger partial charge in [0.1, 0.15) is 0 Å². The predicted octanol–water partition coefficient (Wildman–Crippen LogP) is 0.133. The molecule has 0 aromatic carbocycles. The Kier molecular flexibility index (Phi) is 13.2. The largest absolute Gasteiger partial charge is 2.00 e. The average Bonchev–Trinajstić information content (AvgIpc) is 2.57. The smallest absolute Gasteiger partial charge is 0.547 e. The third-order valence-corrected chi connectivity index (χ3v) is 5.11. The van der Waals surface area contributed by atoms with Crippen molar-refractivity contribution in [3.63, 3.8) is 0 Å². The Morgan fingerprint density at radius 3 is 1.24 bits per heavy atom. The Morgan fingerprint density at radius 2 is 1.00 bits per heavy atom. The molecule has 0 spiro atoms. The van der Waals surface area contributed by atoms with Gasteiger partial charge in [0.05, 0.1) is 24.1 Å². The third kappa shape index (κ3) is 10.9. The maximum atomic E-state index is 10.2. The van der Waals surface area contributed by atoms with Crippen LogP contribution in [0.1, 0.15) is 77.0 Å². The van der Waals surface area contributed by atoms with E-state index in [1.165, 1.54) is 38.5 Å². The minimum Gasteiger partial charge on any atom is -0.547 e. The van der Waals surface area contributed by atoms with E-state index in [1.54, 1.807) is 0 Å². The Hall–Kier alpha value is -0.621. The van der Waals surface area contributed by atoms with Crippen molar-refractivity contribution in [2.45, 2.75) is 89.3 Å². The van der Waals surface area contributed by atoms with Crippen molar-refractivity contribution in [1.29, 1.82) is 0 Å². The van der Waals surface area contributed by atoms with Gasteiger partial charge in [-0.05, 0) is 24.7 Å². The van der Waals surface area contributed by atoms with Gasteiger partial charge in [-0.15, -0.1) is 0 Å². The van der Waals surface area contributed by atoms with Crippen LogP contribution in [0.15, 0.2) is 0 Å². The molecule has 0 aromatic rings. The van der Waals surface area contributed by atoms with E-state index in [0.717, 1.165) is 25.7 Å². The first kappa shape index (κ1) is 24.4. The number of rotatable bonds is 6. The summed E-state index contributed by atoms with van der Waals surface area (Å²) in [5, 5.41) is 38.5. The van der Waals surface area contributed by atoms with Crippen LogP contribution >= 0.6 is 0 Å². The summed E-state index contributed by atoms with van der Waals surface area (Å²) >= 11 is 0. The van der Waals surface area contributed by atoms with Crippen molar-refractivity contribution in [2.24, 2.45) is 11.8 Å². The Bertz CT molecular complexity index is 342. The van der Waals surface area contributed by atoms with Gasteiger partial charge in [0.25, 0.3) is 0 Å². The van der Waals surface area contributed by atoms with Crippen molar-refractivity contribution < 1.29 is 47.1 Å². The van der Waals surface area contributed by atoms with Gasteiger partial charge in [0.15, 0.2) is 0 Å². The van der Waals surface area contributed by atoms with Crippen LogP contribution in [0, 0.1) is 11.8 Å². The van der Waals surface area contributed by atoms with Crippen molar-refractivity contribution in [2.75, 3.05) is 0 Å². The minimum absolute atomic E-state index is 0. The molecule has 0 heterocycles. The van der Waals surface area contributed by atoms with Gasteiger partial charge in [-0.25, -0.2) is 0 Å². The second kappa shape index (κ2) is 13.6. The number of carboxylic acids is 2. The van der Waals surface area contributed by atoms with Gasteiger partial charge in [0, 0.05) is 0 Å². The molecule has 2 rings (SSSR count). The van der Waals surface area contributed by atoms with Crippen LogP contribution in [0.5, 0.6) is 0 Å². The SMILES string of the molecule is O=C([O-])C(O)CC1CCCCC1.O=C([O-])C(O)CC1CCCCC1.[Cu+2]. The molecule has 1 radical (unpaired) electrons. The van der Waals surface area contributed by atoms with Crippen LogP contribution in [0.2, 0.25) is 0 Å². The average molecular weight is 406 g/mol. The monoisotopic (exact) mass is 405 g/mol. The van der Waals surface area contributed by atoms with E-state index in [9.17, 15) is 19.8 Å². The number of aliphatic carboxylic acids is 2. The first-order valence-electron chi connectivity index (χ1n) is 9.18. The normalized spacial score (nSPS) is 21.2. The molecule has 2 N–H and O–H groups in total. The van der Waals surface area contributed by atoms with Gasteiger partial charge < -0.3 is 30.0 Å². The number of aliphatic hydroxyl groups is 2. The summed E-state index contributed by atoms with van der Waals surface area (Å²) in [4.78, 5) is 20.4. The van der Waals surface area contributed by atoms with Gasteiger partial charge >= 0.3 is 17.1 Å². The molecular weight excluding hydrogens is 376 g/mol. The van der Waals surface area contributed by atoms with Gasteiger partial charge in [-0.3, -0.25) is 0 Å². The minimum atomic E-state index is -1.33. The zero-order chi connectivity index (χ0) is 17.9.